The van der Waals surface area contributed by atoms with Gasteiger partial charge in [0.25, 0.3) is 11.2 Å². The number of fused-ring (bicyclic) bond motifs is 1. The number of nitro groups is 1. The lowest BCUT2D eigenvalue weighted by Gasteiger charge is -2.26. The van der Waals surface area contributed by atoms with Gasteiger partial charge >= 0.3 is 5.97 Å². The Balaban J connectivity index is 1.55. The molecule has 5 aromatic rings. The fourth-order valence-electron chi connectivity index (χ4n) is 5.36. The molecule has 3 aromatic carbocycles. The smallest absolute Gasteiger partial charge is 0.338 e. The summed E-state index contributed by atoms with van der Waals surface area (Å²) in [5.74, 6) is 0.406. The largest absolute Gasteiger partial charge is 0.463 e. The summed E-state index contributed by atoms with van der Waals surface area (Å²) in [7, 11) is 0. The van der Waals surface area contributed by atoms with Crippen molar-refractivity contribution in [2.75, 3.05) is 6.61 Å². The Morgan fingerprint density at radius 2 is 1.76 bits per heavy atom. The summed E-state index contributed by atoms with van der Waals surface area (Å²) in [5, 5.41) is 11.6. The molecule has 10 heteroatoms. The maximum atomic E-state index is 14.1. The Labute approximate surface area is 262 Å². The van der Waals surface area contributed by atoms with E-state index >= 15 is 0 Å². The Hall–Kier alpha value is -5.35. The summed E-state index contributed by atoms with van der Waals surface area (Å²) in [6.07, 6.45) is 1.59. The molecule has 0 saturated heterocycles. The number of benzene rings is 3. The van der Waals surface area contributed by atoms with Gasteiger partial charge in [-0.15, -0.1) is 0 Å². The Morgan fingerprint density at radius 3 is 2.44 bits per heavy atom. The van der Waals surface area contributed by atoms with Crippen LogP contribution in [0.15, 0.2) is 111 Å². The van der Waals surface area contributed by atoms with Crippen molar-refractivity contribution in [1.29, 1.82) is 0 Å². The molecule has 226 valence electrons. The highest BCUT2D eigenvalue weighted by molar-refractivity contribution is 7.07. The third-order valence-corrected chi connectivity index (χ3v) is 8.54. The number of furan rings is 1. The maximum absolute atomic E-state index is 14.1. The molecule has 0 bridgehead atoms. The van der Waals surface area contributed by atoms with Gasteiger partial charge in [-0.05, 0) is 42.2 Å². The lowest BCUT2D eigenvalue weighted by molar-refractivity contribution is -0.384. The zero-order valence-corrected chi connectivity index (χ0v) is 25.6. The van der Waals surface area contributed by atoms with Crippen molar-refractivity contribution in [3.05, 3.63) is 149 Å². The molecule has 45 heavy (non-hydrogen) atoms. The average molecular weight is 620 g/mol. The molecule has 1 atom stereocenters. The number of para-hydroxylation sites is 1. The van der Waals surface area contributed by atoms with E-state index in [1.807, 2.05) is 54.6 Å². The third-order valence-electron chi connectivity index (χ3n) is 7.56. The van der Waals surface area contributed by atoms with E-state index in [0.29, 0.717) is 38.0 Å². The molecule has 6 rings (SSSR count). The molecule has 9 nitrogen and oxygen atoms in total. The van der Waals surface area contributed by atoms with E-state index in [1.54, 1.807) is 43.3 Å². The SMILES string of the molecule is CCOC(=O)C1=C(c2ccccc2)N=c2s/c(=C\c3ccc(-c4ccccc4[N+](=O)[O-])o3)c(=O)n2[C@@H]1c1ccc(C(C)C)cc1. The lowest BCUT2D eigenvalue weighted by atomic mass is 9.91. The molecule has 0 N–H and O–H groups in total. The quantitative estimate of drug-likeness (QED) is 0.116. The zero-order chi connectivity index (χ0) is 31.7. The van der Waals surface area contributed by atoms with Crippen LogP contribution in [0.5, 0.6) is 0 Å². The van der Waals surface area contributed by atoms with Gasteiger partial charge in [-0.2, -0.15) is 0 Å². The van der Waals surface area contributed by atoms with Crippen LogP contribution >= 0.6 is 11.3 Å². The Kier molecular flexibility index (Phi) is 8.14. The van der Waals surface area contributed by atoms with E-state index in [4.69, 9.17) is 14.1 Å². The van der Waals surface area contributed by atoms with E-state index in [0.717, 1.165) is 16.7 Å². The summed E-state index contributed by atoms with van der Waals surface area (Å²) < 4.78 is 13.4. The molecule has 0 amide bonds. The number of hydrogen-bond acceptors (Lipinski definition) is 8. The first kappa shape index (κ1) is 29.7. The molecule has 0 aliphatic carbocycles. The predicted molar refractivity (Wildman–Crippen MR) is 172 cm³/mol. The van der Waals surface area contributed by atoms with Gasteiger partial charge in [-0.1, -0.05) is 91.9 Å². The van der Waals surface area contributed by atoms with Crippen LogP contribution in [-0.2, 0) is 9.53 Å². The Morgan fingerprint density at radius 1 is 1.04 bits per heavy atom. The Bertz CT molecular complexity index is 2120. The number of hydrogen-bond donors (Lipinski definition) is 0. The summed E-state index contributed by atoms with van der Waals surface area (Å²) >= 11 is 1.18. The number of esters is 1. The highest BCUT2D eigenvalue weighted by Crippen LogP contribution is 2.36. The van der Waals surface area contributed by atoms with Crippen molar-refractivity contribution in [3.8, 4) is 11.3 Å². The van der Waals surface area contributed by atoms with Gasteiger partial charge in [0.15, 0.2) is 4.80 Å². The number of carbonyl (C=O) groups is 1. The predicted octanol–water partition coefficient (Wildman–Crippen LogP) is 6.23. The molecule has 0 spiro atoms. The highest BCUT2D eigenvalue weighted by atomic mass is 32.1. The molecule has 0 radical (unpaired) electrons. The molecule has 3 heterocycles. The van der Waals surface area contributed by atoms with Crippen LogP contribution in [-0.4, -0.2) is 22.1 Å². The second-order valence-electron chi connectivity index (χ2n) is 10.7. The minimum atomic E-state index is -0.794. The van der Waals surface area contributed by atoms with Crippen molar-refractivity contribution in [2.24, 2.45) is 4.99 Å². The van der Waals surface area contributed by atoms with E-state index in [2.05, 4.69) is 13.8 Å². The van der Waals surface area contributed by atoms with Crippen LogP contribution in [0.2, 0.25) is 0 Å². The number of rotatable bonds is 8. The van der Waals surface area contributed by atoms with Crippen molar-refractivity contribution in [3.63, 3.8) is 0 Å². The molecule has 0 unspecified atom stereocenters. The van der Waals surface area contributed by atoms with Crippen LogP contribution in [0.25, 0.3) is 23.1 Å². The van der Waals surface area contributed by atoms with Gasteiger partial charge in [0.2, 0.25) is 0 Å². The van der Waals surface area contributed by atoms with Gasteiger partial charge in [0, 0.05) is 17.7 Å². The van der Waals surface area contributed by atoms with Gasteiger partial charge < -0.3 is 9.15 Å². The summed E-state index contributed by atoms with van der Waals surface area (Å²) in [6, 6.07) is 26.1. The first-order valence-electron chi connectivity index (χ1n) is 14.5. The molecular weight excluding hydrogens is 590 g/mol. The molecule has 2 aromatic heterocycles. The van der Waals surface area contributed by atoms with Crippen LogP contribution in [0.4, 0.5) is 5.69 Å². The zero-order valence-electron chi connectivity index (χ0n) is 24.8. The topological polar surface area (TPSA) is 117 Å². The average Bonchev–Trinajstić information content (AvgIpc) is 3.64. The fourth-order valence-corrected chi connectivity index (χ4v) is 6.35. The first-order chi connectivity index (χ1) is 21.8. The number of nitrogens with zero attached hydrogens (tertiary/aromatic N) is 3. The van der Waals surface area contributed by atoms with Gasteiger partial charge in [0.1, 0.15) is 11.5 Å². The van der Waals surface area contributed by atoms with Crippen LogP contribution < -0.4 is 14.9 Å². The number of carbonyl (C=O) groups excluding carboxylic acids is 1. The summed E-state index contributed by atoms with van der Waals surface area (Å²) in [4.78, 5) is 44.2. The molecule has 0 saturated carbocycles. The van der Waals surface area contributed by atoms with Crippen LogP contribution in [0.1, 0.15) is 55.2 Å². The molecule has 1 aliphatic heterocycles. The summed E-state index contributed by atoms with van der Waals surface area (Å²) in [6.45, 7) is 6.11. The number of thiazole rings is 1. The van der Waals surface area contributed by atoms with E-state index in [-0.39, 0.29) is 23.4 Å². The number of aromatic nitrogens is 1. The number of nitro benzene ring substituents is 1. The summed E-state index contributed by atoms with van der Waals surface area (Å²) in [5.41, 5.74) is 3.21. The monoisotopic (exact) mass is 619 g/mol. The number of ether oxygens (including phenoxy) is 1. The second-order valence-corrected chi connectivity index (χ2v) is 11.7. The molecule has 0 fully saturated rings. The normalized spacial score (nSPS) is 14.8. The second kappa shape index (κ2) is 12.3. The molecule has 1 aliphatic rings. The minimum absolute atomic E-state index is 0.0822. The van der Waals surface area contributed by atoms with Gasteiger partial charge in [-0.3, -0.25) is 19.5 Å². The standard InChI is InChI=1S/C35H29N3O6S/c1-4-43-34(40)30-31(23-10-6-5-7-11-23)36-35-37(32(30)24-16-14-22(15-17-24)21(2)3)33(39)29(45-35)20-25-18-19-28(44-25)26-12-8-9-13-27(26)38(41)42/h5-21,32H,4H2,1-3H3/b29-20-/t32-/m1/s1. The lowest BCUT2D eigenvalue weighted by Crippen LogP contribution is -2.40. The minimum Gasteiger partial charge on any atom is -0.463 e. The maximum Gasteiger partial charge on any atom is 0.338 e. The van der Waals surface area contributed by atoms with Crippen LogP contribution in [0, 0.1) is 10.1 Å². The van der Waals surface area contributed by atoms with Gasteiger partial charge in [-0.25, -0.2) is 9.79 Å². The van der Waals surface area contributed by atoms with Crippen molar-refractivity contribution in [2.45, 2.75) is 32.7 Å². The first-order valence-corrected chi connectivity index (χ1v) is 15.3. The highest BCUT2D eigenvalue weighted by Gasteiger charge is 2.35. The molecular formula is C35H29N3O6S. The van der Waals surface area contributed by atoms with Crippen molar-refractivity contribution in [1.82, 2.24) is 4.57 Å². The van der Waals surface area contributed by atoms with Gasteiger partial charge in [0.05, 0.1) is 38.9 Å². The van der Waals surface area contributed by atoms with E-state index < -0.39 is 16.9 Å². The van der Waals surface area contributed by atoms with Crippen LogP contribution in [0.3, 0.4) is 0 Å². The van der Waals surface area contributed by atoms with E-state index in [1.165, 1.54) is 22.0 Å². The third kappa shape index (κ3) is 5.67. The van der Waals surface area contributed by atoms with E-state index in [9.17, 15) is 19.7 Å². The fraction of sp³-hybridized carbons (Fsp3) is 0.171. The van der Waals surface area contributed by atoms with Crippen molar-refractivity contribution >= 4 is 34.8 Å². The van der Waals surface area contributed by atoms with Crippen molar-refractivity contribution < 1.29 is 18.9 Å².